The van der Waals surface area contributed by atoms with Gasteiger partial charge in [-0.3, -0.25) is 0 Å². The number of nitrogens with zero attached hydrogens (tertiary/aromatic N) is 2. The smallest absolute Gasteiger partial charge is 0.149 e. The summed E-state index contributed by atoms with van der Waals surface area (Å²) in [5.74, 6) is 2.15. The van der Waals surface area contributed by atoms with Gasteiger partial charge in [0.1, 0.15) is 30.3 Å². The molecular formula is C23H19N3O2. The van der Waals surface area contributed by atoms with Gasteiger partial charge in [-0.05, 0) is 42.5 Å². The molecule has 4 rings (SSSR count). The van der Waals surface area contributed by atoms with E-state index in [-0.39, 0.29) is 0 Å². The first-order valence-corrected chi connectivity index (χ1v) is 8.95. The van der Waals surface area contributed by atoms with Crippen molar-refractivity contribution in [1.29, 1.82) is 0 Å². The molecule has 2 heterocycles. The van der Waals surface area contributed by atoms with Crippen molar-refractivity contribution in [2.45, 2.75) is 0 Å². The van der Waals surface area contributed by atoms with Crippen LogP contribution in [0.4, 0.5) is 11.5 Å². The maximum Gasteiger partial charge on any atom is 0.149 e. The Morgan fingerprint density at radius 1 is 0.857 bits per heavy atom. The first-order chi connectivity index (χ1) is 13.9. The first-order valence-electron chi connectivity index (χ1n) is 8.95. The second kappa shape index (κ2) is 8.68. The van der Waals surface area contributed by atoms with E-state index in [1.54, 1.807) is 12.6 Å². The summed E-state index contributed by atoms with van der Waals surface area (Å²) in [5.41, 5.74) is 1.65. The van der Waals surface area contributed by atoms with E-state index < -0.39 is 0 Å². The molecule has 2 bridgehead atoms. The van der Waals surface area contributed by atoms with Gasteiger partial charge in [-0.15, -0.1) is 0 Å². The number of benzene rings is 2. The van der Waals surface area contributed by atoms with Crippen molar-refractivity contribution in [2.75, 3.05) is 11.9 Å². The molecule has 0 atom stereocenters. The summed E-state index contributed by atoms with van der Waals surface area (Å²) >= 11 is 0. The predicted molar refractivity (Wildman–Crippen MR) is 112 cm³/mol. The minimum Gasteiger partial charge on any atom is -0.490 e. The van der Waals surface area contributed by atoms with Gasteiger partial charge in [0.25, 0.3) is 0 Å². The Balaban J connectivity index is 1.75. The summed E-state index contributed by atoms with van der Waals surface area (Å²) in [4.78, 5) is 8.76. The SMILES string of the molecule is C1=C\C=C\C=C/COc2ccc3ncnc(c3c2)Nc2ccccc2O\C=C/1. The van der Waals surface area contributed by atoms with Crippen molar-refractivity contribution in [3.8, 4) is 11.5 Å². The zero-order valence-electron chi connectivity index (χ0n) is 15.2. The highest BCUT2D eigenvalue weighted by molar-refractivity contribution is 5.92. The van der Waals surface area contributed by atoms with Crippen LogP contribution in [0.25, 0.3) is 10.9 Å². The van der Waals surface area contributed by atoms with Crippen LogP contribution in [0.1, 0.15) is 0 Å². The highest BCUT2D eigenvalue weighted by atomic mass is 16.5. The molecule has 0 unspecified atom stereocenters. The molecule has 1 N–H and O–H groups in total. The third-order valence-electron chi connectivity index (χ3n) is 4.06. The van der Waals surface area contributed by atoms with Gasteiger partial charge in [0.05, 0.1) is 17.5 Å². The number of allylic oxidation sites excluding steroid dienone is 6. The number of anilines is 2. The molecule has 138 valence electrons. The fourth-order valence-corrected chi connectivity index (χ4v) is 2.72. The quantitative estimate of drug-likeness (QED) is 0.581. The highest BCUT2D eigenvalue weighted by Crippen LogP contribution is 2.31. The molecule has 1 aromatic heterocycles. The van der Waals surface area contributed by atoms with Crippen LogP contribution in [-0.4, -0.2) is 16.6 Å². The monoisotopic (exact) mass is 369 g/mol. The number of fused-ring (bicyclic) bond motifs is 2. The van der Waals surface area contributed by atoms with Gasteiger partial charge in [0, 0.05) is 5.39 Å². The molecule has 0 radical (unpaired) electrons. The molecule has 0 amide bonds. The fraction of sp³-hybridized carbons (Fsp3) is 0.0435. The Morgan fingerprint density at radius 2 is 1.71 bits per heavy atom. The van der Waals surface area contributed by atoms with Gasteiger partial charge >= 0.3 is 0 Å². The number of ether oxygens (including phenoxy) is 2. The highest BCUT2D eigenvalue weighted by Gasteiger charge is 2.09. The second-order valence-corrected chi connectivity index (χ2v) is 5.98. The van der Waals surface area contributed by atoms with Crippen LogP contribution in [-0.2, 0) is 0 Å². The van der Waals surface area contributed by atoms with E-state index in [0.29, 0.717) is 18.2 Å². The molecule has 28 heavy (non-hydrogen) atoms. The minimum absolute atomic E-state index is 0.479. The van der Waals surface area contributed by atoms with Crippen LogP contribution in [0, 0.1) is 0 Å². The lowest BCUT2D eigenvalue weighted by Gasteiger charge is -2.12. The van der Waals surface area contributed by atoms with E-state index in [9.17, 15) is 0 Å². The largest absolute Gasteiger partial charge is 0.490 e. The Hall–Kier alpha value is -3.86. The van der Waals surface area contributed by atoms with Crippen LogP contribution in [0.5, 0.6) is 11.5 Å². The lowest BCUT2D eigenvalue weighted by Crippen LogP contribution is -1.99. The molecular weight excluding hydrogens is 350 g/mol. The minimum atomic E-state index is 0.479. The van der Waals surface area contributed by atoms with E-state index in [0.717, 1.165) is 22.3 Å². The van der Waals surface area contributed by atoms with Crippen molar-refractivity contribution in [3.05, 3.63) is 97.6 Å². The van der Waals surface area contributed by atoms with E-state index in [1.165, 1.54) is 0 Å². The molecule has 0 saturated heterocycles. The number of aromatic nitrogens is 2. The van der Waals surface area contributed by atoms with Crippen LogP contribution in [0.15, 0.2) is 97.6 Å². The number of rotatable bonds is 0. The van der Waals surface area contributed by atoms with E-state index in [1.807, 2.05) is 85.0 Å². The van der Waals surface area contributed by atoms with Crippen LogP contribution in [0.2, 0.25) is 0 Å². The summed E-state index contributed by atoms with van der Waals surface area (Å²) in [6, 6.07) is 13.5. The molecule has 0 fully saturated rings. The molecule has 5 nitrogen and oxygen atoms in total. The summed E-state index contributed by atoms with van der Waals surface area (Å²) in [5, 5.41) is 4.23. The number of para-hydroxylation sites is 2. The summed E-state index contributed by atoms with van der Waals surface area (Å²) in [6.07, 6.45) is 16.6. The third-order valence-corrected chi connectivity index (χ3v) is 4.06. The summed E-state index contributed by atoms with van der Waals surface area (Å²) in [6.45, 7) is 0.479. The lowest BCUT2D eigenvalue weighted by molar-refractivity contribution is 0.363. The lowest BCUT2D eigenvalue weighted by atomic mass is 10.2. The fourth-order valence-electron chi connectivity index (χ4n) is 2.72. The van der Waals surface area contributed by atoms with Crippen LogP contribution >= 0.6 is 0 Å². The van der Waals surface area contributed by atoms with Crippen molar-refractivity contribution in [1.82, 2.24) is 9.97 Å². The van der Waals surface area contributed by atoms with Crippen LogP contribution < -0.4 is 14.8 Å². The molecule has 5 heteroatoms. The third kappa shape index (κ3) is 4.27. The normalized spacial score (nSPS) is 18.4. The molecule has 0 saturated carbocycles. The summed E-state index contributed by atoms with van der Waals surface area (Å²) < 4.78 is 11.6. The number of nitrogens with one attached hydrogen (secondary N) is 1. The average Bonchev–Trinajstić information content (AvgIpc) is 2.73. The molecule has 1 aliphatic rings. The molecule has 0 spiro atoms. The zero-order chi connectivity index (χ0) is 19.0. The van der Waals surface area contributed by atoms with E-state index in [2.05, 4.69) is 15.3 Å². The molecule has 1 aliphatic heterocycles. The average molecular weight is 369 g/mol. The standard InChI is InChI=1S/C23H19N3O2/c1-2-4-8-14-27-18-12-13-20-19(16-18)23(25-17-24-20)26-21-10-6-7-11-22(21)28-15-9-5-3-1/h1-13,15-17H,14H2,(H,24,25,26)/b2-1+,5-3-,8-4-,15-9-. The summed E-state index contributed by atoms with van der Waals surface area (Å²) in [7, 11) is 0. The Kier molecular flexibility index (Phi) is 5.44. The molecule has 0 aliphatic carbocycles. The van der Waals surface area contributed by atoms with Gasteiger partial charge in [-0.25, -0.2) is 9.97 Å². The second-order valence-electron chi connectivity index (χ2n) is 5.98. The topological polar surface area (TPSA) is 56.3 Å². The van der Waals surface area contributed by atoms with Crippen molar-refractivity contribution in [3.63, 3.8) is 0 Å². The van der Waals surface area contributed by atoms with Crippen molar-refractivity contribution in [2.24, 2.45) is 0 Å². The number of hydrogen-bond donors (Lipinski definition) is 1. The van der Waals surface area contributed by atoms with Crippen LogP contribution in [0.3, 0.4) is 0 Å². The van der Waals surface area contributed by atoms with Crippen molar-refractivity contribution < 1.29 is 9.47 Å². The maximum atomic E-state index is 5.82. The molecule has 3 aromatic rings. The van der Waals surface area contributed by atoms with Gasteiger partial charge in [0.2, 0.25) is 0 Å². The Morgan fingerprint density at radius 3 is 2.68 bits per heavy atom. The van der Waals surface area contributed by atoms with E-state index in [4.69, 9.17) is 9.47 Å². The first kappa shape index (κ1) is 17.5. The zero-order valence-corrected chi connectivity index (χ0v) is 15.2. The van der Waals surface area contributed by atoms with Gasteiger partial charge in [-0.2, -0.15) is 0 Å². The number of hydrogen-bond acceptors (Lipinski definition) is 5. The van der Waals surface area contributed by atoms with Gasteiger partial charge < -0.3 is 14.8 Å². The maximum absolute atomic E-state index is 5.82. The van der Waals surface area contributed by atoms with Gasteiger partial charge in [-0.1, -0.05) is 42.5 Å². The molecule has 2 aromatic carbocycles. The predicted octanol–water partition coefficient (Wildman–Crippen LogP) is 5.33. The Bertz CT molecular complexity index is 1080. The van der Waals surface area contributed by atoms with Gasteiger partial charge in [0.15, 0.2) is 0 Å². The van der Waals surface area contributed by atoms with E-state index >= 15 is 0 Å². The van der Waals surface area contributed by atoms with Crippen molar-refractivity contribution >= 4 is 22.4 Å². The Labute approximate surface area is 163 Å².